The first kappa shape index (κ1) is 15.9. The van der Waals surface area contributed by atoms with Gasteiger partial charge in [-0.1, -0.05) is 17.7 Å². The summed E-state index contributed by atoms with van der Waals surface area (Å²) in [4.78, 5) is 0.157. The summed E-state index contributed by atoms with van der Waals surface area (Å²) in [5, 5.41) is 0. The molecule has 0 aliphatic rings. The normalized spacial score (nSPS) is 11.4. The number of anilines is 2. The zero-order chi connectivity index (χ0) is 15.8. The van der Waals surface area contributed by atoms with E-state index >= 15 is 0 Å². The van der Waals surface area contributed by atoms with Gasteiger partial charge in [-0.3, -0.25) is 4.31 Å². The Morgan fingerprint density at radius 2 is 1.76 bits per heavy atom. The van der Waals surface area contributed by atoms with Crippen LogP contribution < -0.4 is 10.0 Å². The van der Waals surface area contributed by atoms with Crippen LogP contribution in [0.15, 0.2) is 45.8 Å². The van der Waals surface area contributed by atoms with Gasteiger partial charge in [-0.25, -0.2) is 8.42 Å². The van der Waals surface area contributed by atoms with E-state index in [0.717, 1.165) is 11.1 Å². The molecule has 0 bridgehead atoms. The number of halogens is 1. The number of hydrogen-bond acceptors (Lipinski definition) is 3. The first-order valence-corrected chi connectivity index (χ1v) is 8.58. The first-order chi connectivity index (χ1) is 9.73. The van der Waals surface area contributed by atoms with Gasteiger partial charge in [0.1, 0.15) is 4.90 Å². The molecule has 2 aromatic rings. The van der Waals surface area contributed by atoms with E-state index in [9.17, 15) is 8.42 Å². The fourth-order valence-corrected chi connectivity index (χ4v) is 4.37. The molecule has 0 aliphatic heterocycles. The molecular formula is C15H17BrN2O2S. The van der Waals surface area contributed by atoms with E-state index in [1.54, 1.807) is 19.2 Å². The van der Waals surface area contributed by atoms with Crippen LogP contribution in [0.3, 0.4) is 0 Å². The Kier molecular flexibility index (Phi) is 4.30. The highest BCUT2D eigenvalue weighted by atomic mass is 79.9. The van der Waals surface area contributed by atoms with Crippen molar-refractivity contribution >= 4 is 37.3 Å². The Balaban J connectivity index is 2.55. The van der Waals surface area contributed by atoms with Crippen molar-refractivity contribution in [2.24, 2.45) is 0 Å². The highest BCUT2D eigenvalue weighted by molar-refractivity contribution is 9.10. The average molecular weight is 369 g/mol. The molecule has 4 nitrogen and oxygen atoms in total. The topological polar surface area (TPSA) is 63.4 Å². The van der Waals surface area contributed by atoms with Gasteiger partial charge in [0.2, 0.25) is 0 Å². The van der Waals surface area contributed by atoms with Crippen LogP contribution in [0, 0.1) is 13.8 Å². The van der Waals surface area contributed by atoms with E-state index in [2.05, 4.69) is 15.9 Å². The summed E-state index contributed by atoms with van der Waals surface area (Å²) in [6, 6.07) is 10.4. The third-order valence-corrected chi connectivity index (χ3v) is 6.05. The molecule has 112 valence electrons. The summed E-state index contributed by atoms with van der Waals surface area (Å²) in [6.45, 7) is 3.86. The van der Waals surface area contributed by atoms with Crippen molar-refractivity contribution < 1.29 is 8.42 Å². The number of benzene rings is 2. The molecule has 2 aromatic carbocycles. The number of aryl methyl sites for hydroxylation is 2. The largest absolute Gasteiger partial charge is 0.399 e. The van der Waals surface area contributed by atoms with Crippen LogP contribution in [0.1, 0.15) is 11.1 Å². The second-order valence-electron chi connectivity index (χ2n) is 4.95. The van der Waals surface area contributed by atoms with Crippen molar-refractivity contribution in [2.45, 2.75) is 18.7 Å². The van der Waals surface area contributed by atoms with E-state index in [1.807, 2.05) is 32.0 Å². The number of hydrogen-bond donors (Lipinski definition) is 1. The molecule has 0 atom stereocenters. The minimum absolute atomic E-state index is 0.157. The fourth-order valence-electron chi connectivity index (χ4n) is 2.15. The van der Waals surface area contributed by atoms with Crippen molar-refractivity contribution in [1.82, 2.24) is 0 Å². The Morgan fingerprint density at radius 3 is 2.38 bits per heavy atom. The van der Waals surface area contributed by atoms with Gasteiger partial charge in [0.05, 0.1) is 5.69 Å². The van der Waals surface area contributed by atoms with E-state index < -0.39 is 10.0 Å². The maximum atomic E-state index is 12.8. The van der Waals surface area contributed by atoms with Crippen LogP contribution >= 0.6 is 15.9 Å². The van der Waals surface area contributed by atoms with E-state index in [1.165, 1.54) is 10.4 Å². The molecule has 0 saturated heterocycles. The lowest BCUT2D eigenvalue weighted by molar-refractivity contribution is 0.594. The SMILES string of the molecule is Cc1ccc(N(C)S(=O)(=O)c2cc(N)ccc2Br)c(C)c1. The number of rotatable bonds is 3. The summed E-state index contributed by atoms with van der Waals surface area (Å²) in [5.41, 5.74) is 8.76. The quantitative estimate of drug-likeness (QED) is 0.843. The van der Waals surface area contributed by atoms with Crippen LogP contribution in [0.2, 0.25) is 0 Å². The van der Waals surface area contributed by atoms with E-state index in [-0.39, 0.29) is 4.90 Å². The molecule has 6 heteroatoms. The van der Waals surface area contributed by atoms with Crippen LogP contribution in [0.5, 0.6) is 0 Å². The van der Waals surface area contributed by atoms with Crippen LogP contribution in [-0.2, 0) is 10.0 Å². The fraction of sp³-hybridized carbons (Fsp3) is 0.200. The van der Waals surface area contributed by atoms with Crippen LogP contribution in [-0.4, -0.2) is 15.5 Å². The summed E-state index contributed by atoms with van der Waals surface area (Å²) in [6.07, 6.45) is 0. The van der Waals surface area contributed by atoms with Gasteiger partial charge in [-0.2, -0.15) is 0 Å². The van der Waals surface area contributed by atoms with Gasteiger partial charge in [0.25, 0.3) is 10.0 Å². The second kappa shape index (κ2) is 5.69. The van der Waals surface area contributed by atoms with Gasteiger partial charge in [0, 0.05) is 17.2 Å². The molecule has 2 N–H and O–H groups in total. The Bertz CT molecular complexity index is 788. The Labute approximate surface area is 133 Å². The Hall–Kier alpha value is -1.53. The van der Waals surface area contributed by atoms with E-state index in [4.69, 9.17) is 5.73 Å². The van der Waals surface area contributed by atoms with Crippen LogP contribution in [0.25, 0.3) is 0 Å². The number of nitrogens with two attached hydrogens (primary N) is 1. The third-order valence-electron chi connectivity index (χ3n) is 3.29. The molecule has 21 heavy (non-hydrogen) atoms. The van der Waals surface area contributed by atoms with Crippen molar-refractivity contribution in [3.63, 3.8) is 0 Å². The number of nitrogens with zero attached hydrogens (tertiary/aromatic N) is 1. The molecule has 0 heterocycles. The molecule has 0 unspecified atom stereocenters. The Morgan fingerprint density at radius 1 is 1.10 bits per heavy atom. The smallest absolute Gasteiger partial charge is 0.265 e. The number of sulfonamides is 1. The monoisotopic (exact) mass is 368 g/mol. The maximum Gasteiger partial charge on any atom is 0.265 e. The van der Waals surface area contributed by atoms with Crippen molar-refractivity contribution in [3.05, 3.63) is 52.0 Å². The van der Waals surface area contributed by atoms with Crippen LogP contribution in [0.4, 0.5) is 11.4 Å². The first-order valence-electron chi connectivity index (χ1n) is 6.34. The maximum absolute atomic E-state index is 12.8. The van der Waals surface area contributed by atoms with Crippen molar-refractivity contribution in [2.75, 3.05) is 17.1 Å². The van der Waals surface area contributed by atoms with Crippen molar-refractivity contribution in [1.29, 1.82) is 0 Å². The van der Waals surface area contributed by atoms with Gasteiger partial charge < -0.3 is 5.73 Å². The molecule has 0 fully saturated rings. The lowest BCUT2D eigenvalue weighted by Crippen LogP contribution is -2.27. The molecule has 0 aliphatic carbocycles. The highest BCUT2D eigenvalue weighted by Crippen LogP contribution is 2.30. The highest BCUT2D eigenvalue weighted by Gasteiger charge is 2.25. The minimum atomic E-state index is -3.67. The van der Waals surface area contributed by atoms with Crippen molar-refractivity contribution in [3.8, 4) is 0 Å². The molecular weight excluding hydrogens is 352 g/mol. The van der Waals surface area contributed by atoms with Gasteiger partial charge in [0.15, 0.2) is 0 Å². The minimum Gasteiger partial charge on any atom is -0.399 e. The molecule has 0 aromatic heterocycles. The number of nitrogen functional groups attached to an aromatic ring is 1. The summed E-state index contributed by atoms with van der Waals surface area (Å²) >= 11 is 3.28. The van der Waals surface area contributed by atoms with E-state index in [0.29, 0.717) is 15.8 Å². The summed E-state index contributed by atoms with van der Waals surface area (Å²) in [7, 11) is -2.13. The molecule has 2 rings (SSSR count). The lowest BCUT2D eigenvalue weighted by atomic mass is 10.1. The predicted molar refractivity (Wildman–Crippen MR) is 90.1 cm³/mol. The van der Waals surface area contributed by atoms with Gasteiger partial charge in [-0.15, -0.1) is 0 Å². The molecule has 0 spiro atoms. The van der Waals surface area contributed by atoms with Gasteiger partial charge in [-0.05, 0) is 59.6 Å². The average Bonchev–Trinajstić information content (AvgIpc) is 2.40. The zero-order valence-electron chi connectivity index (χ0n) is 12.1. The lowest BCUT2D eigenvalue weighted by Gasteiger charge is -2.22. The summed E-state index contributed by atoms with van der Waals surface area (Å²) < 4.78 is 27.3. The zero-order valence-corrected chi connectivity index (χ0v) is 14.5. The van der Waals surface area contributed by atoms with Gasteiger partial charge >= 0.3 is 0 Å². The molecule has 0 radical (unpaired) electrons. The predicted octanol–water partition coefficient (Wildman–Crippen LogP) is 3.47. The molecule has 0 amide bonds. The standard InChI is InChI=1S/C15H17BrN2O2S/c1-10-4-7-14(11(2)8-10)18(3)21(19,20)15-9-12(17)5-6-13(15)16/h4-9H,17H2,1-3H3. The second-order valence-corrected chi connectivity index (χ2v) is 7.74. The molecule has 0 saturated carbocycles. The summed E-state index contributed by atoms with van der Waals surface area (Å²) in [5.74, 6) is 0. The third kappa shape index (κ3) is 3.06.